The second-order valence-corrected chi connectivity index (χ2v) is 3.22. The fraction of sp³-hybridized carbons (Fsp3) is 0.400. The van der Waals surface area contributed by atoms with Crippen LogP contribution < -0.4 is 0 Å². The Hall–Kier alpha value is -0.518. The van der Waals surface area contributed by atoms with Gasteiger partial charge >= 0.3 is 6.18 Å². The van der Waals surface area contributed by atoms with E-state index in [0.717, 1.165) is 0 Å². The van der Waals surface area contributed by atoms with Crippen molar-refractivity contribution >= 4 is 22.7 Å². The van der Waals surface area contributed by atoms with Gasteiger partial charge in [0.15, 0.2) is 9.68 Å². The van der Waals surface area contributed by atoms with Gasteiger partial charge in [-0.25, -0.2) is 0 Å². The van der Waals surface area contributed by atoms with Crippen molar-refractivity contribution in [3.8, 4) is 0 Å². The first-order chi connectivity index (χ1) is 5.05. The predicted molar refractivity (Wildman–Crippen MR) is 41.7 cm³/mol. The summed E-state index contributed by atoms with van der Waals surface area (Å²) < 4.78 is 39.6. The SMILES string of the molecule is C[B]C1=C[SiH2]N=C1C(F)(F)F. The highest BCUT2D eigenvalue weighted by atomic mass is 28.2. The van der Waals surface area contributed by atoms with Crippen molar-refractivity contribution in [3.05, 3.63) is 11.2 Å². The Bertz CT molecular complexity index is 220. The lowest BCUT2D eigenvalue weighted by atomic mass is 9.71. The number of hydrogen-bond donors (Lipinski definition) is 0. The van der Waals surface area contributed by atoms with Gasteiger partial charge in [-0.1, -0.05) is 18.0 Å². The van der Waals surface area contributed by atoms with Crippen LogP contribution in [0.4, 0.5) is 13.2 Å². The van der Waals surface area contributed by atoms with E-state index in [1.807, 2.05) is 0 Å². The Morgan fingerprint density at radius 3 is 2.55 bits per heavy atom. The summed E-state index contributed by atoms with van der Waals surface area (Å²) >= 11 is 0. The van der Waals surface area contributed by atoms with Gasteiger partial charge in [-0.05, 0) is 0 Å². The van der Waals surface area contributed by atoms with Crippen LogP contribution in [0.15, 0.2) is 15.8 Å². The summed E-state index contributed by atoms with van der Waals surface area (Å²) in [6.07, 6.45) is -4.26. The molecule has 6 heteroatoms. The molecule has 0 saturated heterocycles. The van der Waals surface area contributed by atoms with Crippen molar-refractivity contribution in [2.75, 3.05) is 0 Å². The molecule has 1 radical (unpaired) electrons. The van der Waals surface area contributed by atoms with Gasteiger partial charge in [0, 0.05) is 0 Å². The molecule has 0 aromatic rings. The maximum atomic E-state index is 12.0. The van der Waals surface area contributed by atoms with E-state index in [-0.39, 0.29) is 5.47 Å². The highest BCUT2D eigenvalue weighted by Crippen LogP contribution is 2.23. The average Bonchev–Trinajstić information content (AvgIpc) is 2.31. The van der Waals surface area contributed by atoms with Crippen molar-refractivity contribution in [3.63, 3.8) is 0 Å². The Balaban J connectivity index is 2.83. The minimum atomic E-state index is -4.26. The quantitative estimate of drug-likeness (QED) is 0.521. The van der Waals surface area contributed by atoms with E-state index in [1.54, 1.807) is 12.5 Å². The maximum absolute atomic E-state index is 12.0. The summed E-state index contributed by atoms with van der Waals surface area (Å²) in [5.74, 6) is 0. The summed E-state index contributed by atoms with van der Waals surface area (Å²) in [6.45, 7) is 1.59. The first-order valence-corrected chi connectivity index (χ1v) is 4.62. The second kappa shape index (κ2) is 2.85. The Morgan fingerprint density at radius 2 is 2.18 bits per heavy atom. The largest absolute Gasteiger partial charge is 0.431 e. The van der Waals surface area contributed by atoms with Crippen molar-refractivity contribution in [2.45, 2.75) is 13.0 Å². The second-order valence-electron chi connectivity index (χ2n) is 2.14. The number of halogens is 3. The Morgan fingerprint density at radius 1 is 1.55 bits per heavy atom. The lowest BCUT2D eigenvalue weighted by molar-refractivity contribution is -0.0576. The lowest BCUT2D eigenvalue weighted by Gasteiger charge is -2.08. The van der Waals surface area contributed by atoms with Crippen LogP contribution in [0.1, 0.15) is 0 Å². The van der Waals surface area contributed by atoms with Crippen LogP contribution >= 0.6 is 0 Å². The van der Waals surface area contributed by atoms with Crippen molar-refractivity contribution in [1.82, 2.24) is 0 Å². The molecule has 0 N–H and O–H groups in total. The fourth-order valence-electron chi connectivity index (χ4n) is 0.931. The molecular formula is C5H6BF3NSi. The topological polar surface area (TPSA) is 12.4 Å². The van der Waals surface area contributed by atoms with E-state index in [9.17, 15) is 13.2 Å². The van der Waals surface area contributed by atoms with E-state index < -0.39 is 21.6 Å². The molecule has 0 atom stereocenters. The van der Waals surface area contributed by atoms with Crippen LogP contribution in [0.3, 0.4) is 0 Å². The summed E-state index contributed by atoms with van der Waals surface area (Å²) in [4.78, 5) is 0. The molecular weight excluding hydrogens is 170 g/mol. The van der Waals surface area contributed by atoms with Crippen molar-refractivity contribution in [1.29, 1.82) is 0 Å². The third kappa shape index (κ3) is 1.74. The first-order valence-electron chi connectivity index (χ1n) is 3.17. The van der Waals surface area contributed by atoms with E-state index in [1.165, 1.54) is 7.28 Å². The first kappa shape index (κ1) is 8.58. The number of rotatable bonds is 1. The molecule has 0 bridgehead atoms. The van der Waals surface area contributed by atoms with E-state index in [2.05, 4.69) is 4.66 Å². The van der Waals surface area contributed by atoms with Crippen LogP contribution in [-0.2, 0) is 0 Å². The van der Waals surface area contributed by atoms with Gasteiger partial charge in [0.05, 0.1) is 0 Å². The van der Waals surface area contributed by atoms with Gasteiger partial charge in [-0.3, -0.25) is 0 Å². The molecule has 1 aliphatic rings. The van der Waals surface area contributed by atoms with Crippen molar-refractivity contribution in [2.24, 2.45) is 4.66 Å². The van der Waals surface area contributed by atoms with Crippen LogP contribution in [-0.4, -0.2) is 28.8 Å². The molecule has 0 unspecified atom stereocenters. The predicted octanol–water partition coefficient (Wildman–Crippen LogP) is 0.681. The molecule has 0 fully saturated rings. The van der Waals surface area contributed by atoms with E-state index in [4.69, 9.17) is 0 Å². The summed E-state index contributed by atoms with van der Waals surface area (Å²) in [5.41, 5.74) is 1.17. The summed E-state index contributed by atoms with van der Waals surface area (Å²) in [7, 11) is 0.483. The zero-order valence-electron chi connectivity index (χ0n) is 5.94. The van der Waals surface area contributed by atoms with Crippen LogP contribution in [0.5, 0.6) is 0 Å². The molecule has 1 rings (SSSR count). The van der Waals surface area contributed by atoms with Gasteiger partial charge in [-0.15, -0.1) is 0 Å². The van der Waals surface area contributed by atoms with Gasteiger partial charge < -0.3 is 4.66 Å². The zero-order valence-corrected chi connectivity index (χ0v) is 7.36. The minimum absolute atomic E-state index is 0.254. The van der Waals surface area contributed by atoms with Crippen LogP contribution in [0, 0.1) is 0 Å². The minimum Gasteiger partial charge on any atom is -0.321 e. The van der Waals surface area contributed by atoms with Gasteiger partial charge in [0.2, 0.25) is 0 Å². The molecule has 11 heavy (non-hydrogen) atoms. The Kier molecular flexibility index (Phi) is 2.22. The number of nitrogens with zero attached hydrogens (tertiary/aromatic N) is 1. The highest BCUT2D eigenvalue weighted by molar-refractivity contribution is 6.63. The number of allylic oxidation sites excluding steroid dienone is 1. The smallest absolute Gasteiger partial charge is 0.321 e. The van der Waals surface area contributed by atoms with Crippen molar-refractivity contribution < 1.29 is 13.2 Å². The Labute approximate surface area is 65.5 Å². The van der Waals surface area contributed by atoms with Crippen LogP contribution in [0.25, 0.3) is 0 Å². The standard InChI is InChI=1S/C5H6BF3NSi/c1-6-3-2-11-10-4(3)5(7,8)9/h2H,11H2,1H3. The zero-order chi connectivity index (χ0) is 8.48. The molecule has 0 amide bonds. The normalized spacial score (nSPS) is 20.0. The average molecular weight is 176 g/mol. The molecule has 1 aliphatic heterocycles. The van der Waals surface area contributed by atoms with Gasteiger partial charge in [0.25, 0.3) is 0 Å². The molecule has 59 valence electrons. The third-order valence-corrected chi connectivity index (χ3v) is 2.53. The molecule has 0 saturated carbocycles. The molecule has 0 spiro atoms. The maximum Gasteiger partial charge on any atom is 0.431 e. The summed E-state index contributed by atoms with van der Waals surface area (Å²) in [5, 5.41) is 0. The number of hydrogen-bond acceptors (Lipinski definition) is 1. The highest BCUT2D eigenvalue weighted by Gasteiger charge is 2.37. The summed E-state index contributed by atoms with van der Waals surface area (Å²) in [6, 6.07) is 0. The lowest BCUT2D eigenvalue weighted by Crippen LogP contribution is -2.25. The monoisotopic (exact) mass is 176 g/mol. The fourth-order valence-corrected chi connectivity index (χ4v) is 2.19. The van der Waals surface area contributed by atoms with Gasteiger partial charge in [-0.2, -0.15) is 13.2 Å². The number of alkyl halides is 3. The molecule has 1 nitrogen and oxygen atoms in total. The molecule has 1 heterocycles. The third-order valence-electron chi connectivity index (χ3n) is 1.41. The van der Waals surface area contributed by atoms with E-state index in [0.29, 0.717) is 0 Å². The molecule has 0 aromatic carbocycles. The van der Waals surface area contributed by atoms with Crippen LogP contribution in [0.2, 0.25) is 6.82 Å². The van der Waals surface area contributed by atoms with E-state index >= 15 is 0 Å². The molecule has 0 aromatic heterocycles. The molecule has 0 aliphatic carbocycles. The van der Waals surface area contributed by atoms with Gasteiger partial charge in [0.1, 0.15) is 13.0 Å².